The second-order valence-electron chi connectivity index (χ2n) is 3.95. The van der Waals surface area contributed by atoms with Gasteiger partial charge in [0.1, 0.15) is 5.82 Å². The summed E-state index contributed by atoms with van der Waals surface area (Å²) in [5.74, 6) is 0.903. The number of pyridine rings is 1. The molecule has 0 radical (unpaired) electrons. The van der Waals surface area contributed by atoms with Gasteiger partial charge in [-0.2, -0.15) is 0 Å². The topological polar surface area (TPSA) is 62.4 Å². The Morgan fingerprint density at radius 1 is 1.44 bits per heavy atom. The van der Waals surface area contributed by atoms with Crippen molar-refractivity contribution in [3.05, 3.63) is 23.9 Å². The highest BCUT2D eigenvalue weighted by atomic mass is 16.3. The van der Waals surface area contributed by atoms with Crippen LogP contribution in [0, 0.1) is 0 Å². The molecule has 4 heteroatoms. The fourth-order valence-electron chi connectivity index (χ4n) is 1.59. The van der Waals surface area contributed by atoms with Crippen LogP contribution in [0.15, 0.2) is 18.3 Å². The minimum Gasteiger partial charge on any atom is -0.395 e. The number of hydrogen-bond acceptors (Lipinski definition) is 4. The van der Waals surface area contributed by atoms with Gasteiger partial charge < -0.3 is 15.7 Å². The molecule has 1 atom stereocenters. The molecule has 1 rings (SSSR count). The van der Waals surface area contributed by atoms with Crippen LogP contribution in [0.4, 0.5) is 5.82 Å². The van der Waals surface area contributed by atoms with Crippen molar-refractivity contribution in [3.63, 3.8) is 0 Å². The number of nitrogens with two attached hydrogens (primary N) is 1. The van der Waals surface area contributed by atoms with E-state index in [1.807, 2.05) is 19.1 Å². The van der Waals surface area contributed by atoms with Gasteiger partial charge in [-0.3, -0.25) is 0 Å². The predicted molar refractivity (Wildman–Crippen MR) is 66.4 cm³/mol. The summed E-state index contributed by atoms with van der Waals surface area (Å²) >= 11 is 0. The average Bonchev–Trinajstić information content (AvgIpc) is 2.29. The van der Waals surface area contributed by atoms with Crippen molar-refractivity contribution < 1.29 is 5.11 Å². The number of rotatable bonds is 6. The number of aliphatic hydroxyl groups is 1. The lowest BCUT2D eigenvalue weighted by atomic mass is 10.1. The zero-order valence-corrected chi connectivity index (χ0v) is 10.1. The standard InChI is InChI=1S/C12H21N3O/c1-3-6-15(7-8-16)12-5-4-11(9-14-12)10(2)13/h4-5,9-10,16H,3,6-8,13H2,1-2H3. The van der Waals surface area contributed by atoms with Crippen LogP contribution in [0.2, 0.25) is 0 Å². The molecule has 0 amide bonds. The Bertz CT molecular complexity index is 292. The minimum atomic E-state index is 0.0130. The Labute approximate surface area is 97.1 Å². The van der Waals surface area contributed by atoms with Gasteiger partial charge in [0.2, 0.25) is 0 Å². The first-order valence-electron chi connectivity index (χ1n) is 5.76. The molecule has 0 aliphatic carbocycles. The highest BCUT2D eigenvalue weighted by Gasteiger charge is 2.07. The zero-order valence-electron chi connectivity index (χ0n) is 10.1. The maximum Gasteiger partial charge on any atom is 0.128 e. The fraction of sp³-hybridized carbons (Fsp3) is 0.583. The number of hydrogen-bond donors (Lipinski definition) is 2. The molecule has 0 fully saturated rings. The Balaban J connectivity index is 2.76. The van der Waals surface area contributed by atoms with E-state index in [0.29, 0.717) is 6.54 Å². The van der Waals surface area contributed by atoms with E-state index in [0.717, 1.165) is 24.3 Å². The van der Waals surface area contributed by atoms with Crippen LogP contribution in [0.5, 0.6) is 0 Å². The van der Waals surface area contributed by atoms with E-state index >= 15 is 0 Å². The van der Waals surface area contributed by atoms with E-state index in [-0.39, 0.29) is 12.6 Å². The quantitative estimate of drug-likeness (QED) is 0.763. The molecule has 0 saturated heterocycles. The van der Waals surface area contributed by atoms with Crippen molar-refractivity contribution in [2.45, 2.75) is 26.3 Å². The Morgan fingerprint density at radius 2 is 2.19 bits per heavy atom. The predicted octanol–water partition coefficient (Wildman–Crippen LogP) is 1.31. The molecule has 16 heavy (non-hydrogen) atoms. The Morgan fingerprint density at radius 3 is 2.62 bits per heavy atom. The van der Waals surface area contributed by atoms with E-state index in [2.05, 4.69) is 16.8 Å². The van der Waals surface area contributed by atoms with Crippen molar-refractivity contribution in [3.8, 4) is 0 Å². The molecule has 1 aromatic heterocycles. The van der Waals surface area contributed by atoms with E-state index in [9.17, 15) is 0 Å². The molecule has 0 aliphatic heterocycles. The average molecular weight is 223 g/mol. The van der Waals surface area contributed by atoms with Gasteiger partial charge in [0.05, 0.1) is 6.61 Å². The normalized spacial score (nSPS) is 12.5. The lowest BCUT2D eigenvalue weighted by molar-refractivity contribution is 0.301. The summed E-state index contributed by atoms with van der Waals surface area (Å²) in [7, 11) is 0. The van der Waals surface area contributed by atoms with E-state index in [4.69, 9.17) is 10.8 Å². The number of anilines is 1. The molecule has 0 aliphatic rings. The summed E-state index contributed by atoms with van der Waals surface area (Å²) in [6.45, 7) is 5.73. The highest BCUT2D eigenvalue weighted by Crippen LogP contribution is 2.14. The monoisotopic (exact) mass is 223 g/mol. The molecule has 0 aromatic carbocycles. The van der Waals surface area contributed by atoms with E-state index < -0.39 is 0 Å². The van der Waals surface area contributed by atoms with Gasteiger partial charge in [-0.1, -0.05) is 13.0 Å². The third kappa shape index (κ3) is 3.47. The van der Waals surface area contributed by atoms with Crippen LogP contribution in [-0.2, 0) is 0 Å². The molecule has 1 aromatic rings. The van der Waals surface area contributed by atoms with Gasteiger partial charge in [-0.15, -0.1) is 0 Å². The first-order chi connectivity index (χ1) is 7.69. The maximum absolute atomic E-state index is 8.98. The van der Waals surface area contributed by atoms with Crippen LogP contribution < -0.4 is 10.6 Å². The SMILES string of the molecule is CCCN(CCO)c1ccc(C(C)N)cn1. The molecule has 0 spiro atoms. The highest BCUT2D eigenvalue weighted by molar-refractivity contribution is 5.39. The van der Waals surface area contributed by atoms with Crippen molar-refractivity contribution >= 4 is 5.82 Å². The van der Waals surface area contributed by atoms with Crippen LogP contribution >= 0.6 is 0 Å². The van der Waals surface area contributed by atoms with Gasteiger partial charge in [0.15, 0.2) is 0 Å². The smallest absolute Gasteiger partial charge is 0.128 e. The summed E-state index contributed by atoms with van der Waals surface area (Å²) < 4.78 is 0. The molecule has 1 unspecified atom stereocenters. The van der Waals surface area contributed by atoms with Gasteiger partial charge >= 0.3 is 0 Å². The minimum absolute atomic E-state index is 0.0130. The lowest BCUT2D eigenvalue weighted by Crippen LogP contribution is -2.28. The van der Waals surface area contributed by atoms with E-state index in [1.165, 1.54) is 0 Å². The lowest BCUT2D eigenvalue weighted by Gasteiger charge is -2.22. The van der Waals surface area contributed by atoms with Gasteiger partial charge in [0, 0.05) is 25.3 Å². The van der Waals surface area contributed by atoms with Gasteiger partial charge in [0.25, 0.3) is 0 Å². The van der Waals surface area contributed by atoms with Gasteiger partial charge in [-0.05, 0) is 25.0 Å². The van der Waals surface area contributed by atoms with Crippen LogP contribution in [-0.4, -0.2) is 29.8 Å². The van der Waals surface area contributed by atoms with Crippen molar-refractivity contribution in [1.29, 1.82) is 0 Å². The molecule has 90 valence electrons. The first-order valence-corrected chi connectivity index (χ1v) is 5.76. The summed E-state index contributed by atoms with van der Waals surface area (Å²) in [5.41, 5.74) is 6.80. The van der Waals surface area contributed by atoms with Crippen LogP contribution in [0.25, 0.3) is 0 Å². The zero-order chi connectivity index (χ0) is 12.0. The third-order valence-corrected chi connectivity index (χ3v) is 2.48. The van der Waals surface area contributed by atoms with E-state index in [1.54, 1.807) is 6.20 Å². The summed E-state index contributed by atoms with van der Waals surface area (Å²) in [5, 5.41) is 8.98. The molecule has 1 heterocycles. The molecule has 0 bridgehead atoms. The first kappa shape index (κ1) is 12.9. The maximum atomic E-state index is 8.98. The molecule has 4 nitrogen and oxygen atoms in total. The number of aromatic nitrogens is 1. The second kappa shape index (κ2) is 6.45. The summed E-state index contributed by atoms with van der Waals surface area (Å²) in [4.78, 5) is 6.45. The van der Waals surface area contributed by atoms with Crippen molar-refractivity contribution in [2.24, 2.45) is 5.73 Å². The molecular formula is C12H21N3O. The molecule has 0 saturated carbocycles. The largest absolute Gasteiger partial charge is 0.395 e. The summed E-state index contributed by atoms with van der Waals surface area (Å²) in [6.07, 6.45) is 2.84. The number of aliphatic hydroxyl groups excluding tert-OH is 1. The number of nitrogens with zero attached hydrogens (tertiary/aromatic N) is 2. The van der Waals surface area contributed by atoms with Crippen LogP contribution in [0.1, 0.15) is 31.9 Å². The fourth-order valence-corrected chi connectivity index (χ4v) is 1.59. The van der Waals surface area contributed by atoms with Crippen molar-refractivity contribution in [2.75, 3.05) is 24.6 Å². The summed E-state index contributed by atoms with van der Waals surface area (Å²) in [6, 6.07) is 3.97. The van der Waals surface area contributed by atoms with Crippen LogP contribution in [0.3, 0.4) is 0 Å². The third-order valence-electron chi connectivity index (χ3n) is 2.48. The van der Waals surface area contributed by atoms with Gasteiger partial charge in [-0.25, -0.2) is 4.98 Å². The van der Waals surface area contributed by atoms with Crippen molar-refractivity contribution in [1.82, 2.24) is 4.98 Å². The Hall–Kier alpha value is -1.13. The molecular weight excluding hydrogens is 202 g/mol. The molecule has 3 N–H and O–H groups in total. The second-order valence-corrected chi connectivity index (χ2v) is 3.95. The Kier molecular flexibility index (Phi) is 5.22.